The summed E-state index contributed by atoms with van der Waals surface area (Å²) in [4.78, 5) is 11.4. The number of carbonyl (C=O) groups is 1. The molecule has 0 saturated carbocycles. The third-order valence-corrected chi connectivity index (χ3v) is 2.91. The van der Waals surface area contributed by atoms with Gasteiger partial charge in [0.25, 0.3) is 0 Å². The Kier molecular flexibility index (Phi) is 4.90. The Labute approximate surface area is 116 Å². The number of halogens is 1. The predicted octanol–water partition coefficient (Wildman–Crippen LogP) is 2.54. The highest BCUT2D eigenvalue weighted by atomic mass is 19.1. The second kappa shape index (κ2) is 6.86. The van der Waals surface area contributed by atoms with Crippen LogP contribution in [0.5, 0.6) is 0 Å². The van der Waals surface area contributed by atoms with E-state index in [9.17, 15) is 9.18 Å². The average Bonchev–Trinajstić information content (AvgIpc) is 2.91. The van der Waals surface area contributed by atoms with Crippen molar-refractivity contribution in [3.05, 3.63) is 59.3 Å². The van der Waals surface area contributed by atoms with Crippen molar-refractivity contribution in [1.82, 2.24) is 5.32 Å². The van der Waals surface area contributed by atoms with E-state index in [0.717, 1.165) is 11.1 Å². The number of hydrogen-bond acceptors (Lipinski definition) is 4. The summed E-state index contributed by atoms with van der Waals surface area (Å²) in [6.45, 7) is 1.17. The largest absolute Gasteiger partial charge is 0.463 e. The molecular weight excluding hydrogens is 261 g/mol. The molecule has 0 spiro atoms. The fraction of sp³-hybridized carbons (Fsp3) is 0.267. The maximum absolute atomic E-state index is 13.0. The van der Waals surface area contributed by atoms with Crippen molar-refractivity contribution >= 4 is 5.97 Å². The zero-order chi connectivity index (χ0) is 14.4. The fourth-order valence-electron chi connectivity index (χ4n) is 1.89. The molecule has 4 nitrogen and oxygen atoms in total. The molecule has 0 aliphatic rings. The van der Waals surface area contributed by atoms with Crippen molar-refractivity contribution in [2.75, 3.05) is 13.7 Å². The van der Waals surface area contributed by atoms with E-state index in [2.05, 4.69) is 10.1 Å². The van der Waals surface area contributed by atoms with E-state index in [0.29, 0.717) is 19.5 Å². The van der Waals surface area contributed by atoms with Crippen LogP contribution >= 0.6 is 0 Å². The van der Waals surface area contributed by atoms with E-state index in [4.69, 9.17) is 4.42 Å². The highest BCUT2D eigenvalue weighted by molar-refractivity contribution is 5.87. The maximum atomic E-state index is 13.0. The van der Waals surface area contributed by atoms with Crippen molar-refractivity contribution in [1.29, 1.82) is 0 Å². The number of hydrogen-bond donors (Lipinski definition) is 1. The second-order valence-electron chi connectivity index (χ2n) is 4.32. The second-order valence-corrected chi connectivity index (χ2v) is 4.32. The molecule has 1 N–H and O–H groups in total. The standard InChI is InChI=1S/C15H16FNO3/c1-19-15(18)14-12(6-8-20-14)10-17-7-5-11-3-2-4-13(16)9-11/h2-4,6,8-9,17H,5,7,10H2,1H3. The minimum absolute atomic E-state index is 0.214. The zero-order valence-electron chi connectivity index (χ0n) is 11.2. The molecule has 1 heterocycles. The lowest BCUT2D eigenvalue weighted by Gasteiger charge is -2.05. The lowest BCUT2D eigenvalue weighted by atomic mass is 10.1. The molecule has 2 rings (SSSR count). The Morgan fingerprint density at radius 1 is 1.40 bits per heavy atom. The molecule has 0 amide bonds. The predicted molar refractivity (Wildman–Crippen MR) is 71.9 cm³/mol. The minimum Gasteiger partial charge on any atom is -0.463 e. The van der Waals surface area contributed by atoms with Crippen LogP contribution in [0.2, 0.25) is 0 Å². The van der Waals surface area contributed by atoms with E-state index in [1.54, 1.807) is 12.1 Å². The lowest BCUT2D eigenvalue weighted by molar-refractivity contribution is 0.0563. The van der Waals surface area contributed by atoms with E-state index >= 15 is 0 Å². The van der Waals surface area contributed by atoms with Crippen LogP contribution in [0, 0.1) is 5.82 Å². The Balaban J connectivity index is 1.82. The van der Waals surface area contributed by atoms with Gasteiger partial charge in [-0.05, 0) is 36.7 Å². The van der Waals surface area contributed by atoms with Crippen LogP contribution in [0.1, 0.15) is 21.7 Å². The monoisotopic (exact) mass is 277 g/mol. The van der Waals surface area contributed by atoms with Gasteiger partial charge in [0.15, 0.2) is 0 Å². The minimum atomic E-state index is -0.489. The van der Waals surface area contributed by atoms with Gasteiger partial charge in [-0.1, -0.05) is 12.1 Å². The maximum Gasteiger partial charge on any atom is 0.374 e. The van der Waals surface area contributed by atoms with Crippen LogP contribution in [0.3, 0.4) is 0 Å². The van der Waals surface area contributed by atoms with Crippen LogP contribution in [0.15, 0.2) is 41.0 Å². The van der Waals surface area contributed by atoms with Crippen LogP contribution in [0.4, 0.5) is 4.39 Å². The van der Waals surface area contributed by atoms with Gasteiger partial charge >= 0.3 is 5.97 Å². The Morgan fingerprint density at radius 2 is 2.25 bits per heavy atom. The summed E-state index contributed by atoms with van der Waals surface area (Å²) in [6, 6.07) is 8.23. The molecule has 0 unspecified atom stereocenters. The molecule has 0 aliphatic carbocycles. The summed E-state index contributed by atoms with van der Waals surface area (Å²) in [5.74, 6) is -0.506. The van der Waals surface area contributed by atoms with Gasteiger partial charge in [0, 0.05) is 12.1 Å². The average molecular weight is 277 g/mol. The zero-order valence-corrected chi connectivity index (χ0v) is 11.2. The van der Waals surface area contributed by atoms with E-state index in [-0.39, 0.29) is 11.6 Å². The number of carbonyl (C=O) groups excluding carboxylic acids is 1. The van der Waals surface area contributed by atoms with Crippen LogP contribution < -0.4 is 5.32 Å². The highest BCUT2D eigenvalue weighted by Gasteiger charge is 2.14. The van der Waals surface area contributed by atoms with Crippen molar-refractivity contribution in [3.63, 3.8) is 0 Å². The fourth-order valence-corrected chi connectivity index (χ4v) is 1.89. The van der Waals surface area contributed by atoms with Gasteiger partial charge in [0.1, 0.15) is 5.82 Å². The van der Waals surface area contributed by atoms with Crippen molar-refractivity contribution in [2.45, 2.75) is 13.0 Å². The first-order chi connectivity index (χ1) is 9.70. The summed E-state index contributed by atoms with van der Waals surface area (Å²) in [7, 11) is 1.31. The number of furan rings is 1. The van der Waals surface area contributed by atoms with Crippen LogP contribution in [-0.2, 0) is 17.7 Å². The lowest BCUT2D eigenvalue weighted by Crippen LogP contribution is -2.18. The van der Waals surface area contributed by atoms with Crippen molar-refractivity contribution < 1.29 is 18.3 Å². The van der Waals surface area contributed by atoms with Gasteiger partial charge in [-0.25, -0.2) is 9.18 Å². The van der Waals surface area contributed by atoms with Gasteiger partial charge in [-0.2, -0.15) is 0 Å². The third-order valence-electron chi connectivity index (χ3n) is 2.91. The topological polar surface area (TPSA) is 51.5 Å². The first-order valence-electron chi connectivity index (χ1n) is 6.30. The van der Waals surface area contributed by atoms with Gasteiger partial charge in [-0.15, -0.1) is 0 Å². The van der Waals surface area contributed by atoms with Crippen molar-refractivity contribution in [3.8, 4) is 0 Å². The molecule has 2 aromatic rings. The highest BCUT2D eigenvalue weighted by Crippen LogP contribution is 2.11. The van der Waals surface area contributed by atoms with E-state index in [1.165, 1.54) is 25.5 Å². The van der Waals surface area contributed by atoms with Crippen LogP contribution in [-0.4, -0.2) is 19.6 Å². The first-order valence-corrected chi connectivity index (χ1v) is 6.30. The molecule has 0 bridgehead atoms. The number of methoxy groups -OCH3 is 1. The van der Waals surface area contributed by atoms with Crippen LogP contribution in [0.25, 0.3) is 0 Å². The molecule has 0 atom stereocenters. The van der Waals surface area contributed by atoms with Gasteiger partial charge in [-0.3, -0.25) is 0 Å². The summed E-state index contributed by atoms with van der Waals surface area (Å²) in [6.07, 6.45) is 2.17. The number of esters is 1. The van der Waals surface area contributed by atoms with E-state index in [1.807, 2.05) is 6.07 Å². The first kappa shape index (κ1) is 14.3. The molecule has 0 aliphatic heterocycles. The Hall–Kier alpha value is -2.14. The summed E-state index contributed by atoms with van der Waals surface area (Å²) >= 11 is 0. The van der Waals surface area contributed by atoms with Crippen molar-refractivity contribution in [2.24, 2.45) is 0 Å². The SMILES string of the molecule is COC(=O)c1occc1CNCCc1cccc(F)c1. The molecule has 106 valence electrons. The quantitative estimate of drug-likeness (QED) is 0.651. The molecule has 5 heteroatoms. The van der Waals surface area contributed by atoms with Gasteiger partial charge in [0.2, 0.25) is 5.76 Å². The number of ether oxygens (including phenoxy) is 1. The smallest absolute Gasteiger partial charge is 0.374 e. The number of benzene rings is 1. The number of nitrogens with one attached hydrogen (secondary N) is 1. The molecule has 0 saturated heterocycles. The molecule has 20 heavy (non-hydrogen) atoms. The number of rotatable bonds is 6. The summed E-state index contributed by atoms with van der Waals surface area (Å²) < 4.78 is 22.7. The molecule has 0 radical (unpaired) electrons. The summed E-state index contributed by atoms with van der Waals surface area (Å²) in [5.41, 5.74) is 1.67. The Morgan fingerprint density at radius 3 is 3.00 bits per heavy atom. The summed E-state index contributed by atoms with van der Waals surface area (Å²) in [5, 5.41) is 3.18. The third kappa shape index (κ3) is 3.68. The van der Waals surface area contributed by atoms with E-state index < -0.39 is 5.97 Å². The molecular formula is C15H16FNO3. The Bertz CT molecular complexity index is 580. The molecule has 1 aromatic heterocycles. The molecule has 0 fully saturated rings. The molecule has 1 aromatic carbocycles. The van der Waals surface area contributed by atoms with Gasteiger partial charge in [0.05, 0.1) is 13.4 Å². The van der Waals surface area contributed by atoms with Gasteiger partial charge < -0.3 is 14.5 Å². The normalized spacial score (nSPS) is 10.5.